The van der Waals surface area contributed by atoms with Gasteiger partial charge in [-0.05, 0) is 43.2 Å². The van der Waals surface area contributed by atoms with Crippen LogP contribution in [0.5, 0.6) is 0 Å². The average molecular weight is 473 g/mol. The summed E-state index contributed by atoms with van der Waals surface area (Å²) in [4.78, 5) is 38.3. The second-order valence-electron chi connectivity index (χ2n) is 7.44. The molecule has 168 valence electrons. The Morgan fingerprint density at radius 3 is 2.81 bits per heavy atom. The number of carbonyl (C=O) groups is 2. The number of thiophene rings is 1. The van der Waals surface area contributed by atoms with Gasteiger partial charge in [0.05, 0.1) is 18.4 Å². The maximum atomic E-state index is 12.7. The third-order valence-corrected chi connectivity index (χ3v) is 7.52. The van der Waals surface area contributed by atoms with E-state index in [1.54, 1.807) is 0 Å². The molecule has 2 aromatic heterocycles. The summed E-state index contributed by atoms with van der Waals surface area (Å²) in [6.07, 6.45) is 4.52. The van der Waals surface area contributed by atoms with Crippen molar-refractivity contribution >= 4 is 40.0 Å². The normalized spacial score (nSPS) is 12.9. The Morgan fingerprint density at radius 2 is 2.03 bits per heavy atom. The number of hydrogen-bond acceptors (Lipinski definition) is 7. The zero-order chi connectivity index (χ0) is 22.5. The minimum Gasteiger partial charge on any atom is -0.465 e. The maximum Gasteiger partial charge on any atom is 0.343 e. The Morgan fingerprint density at radius 1 is 1.25 bits per heavy atom. The van der Waals surface area contributed by atoms with Gasteiger partial charge in [0, 0.05) is 11.4 Å². The standard InChI is InChI=1S/C22H24N4O4S2/c1-30-20(28)18-15-9-5-6-10-16(15)32-19(18)23-17(27)13-31-22-25-24-21(29)26(22)12-11-14-7-3-2-4-8-14/h2-4,7-8H,5-6,9-13H2,1H3,(H,23,27)(H,24,29). The lowest BCUT2D eigenvalue weighted by molar-refractivity contribution is -0.113. The predicted octanol–water partition coefficient (Wildman–Crippen LogP) is 3.27. The quantitative estimate of drug-likeness (QED) is 0.385. The van der Waals surface area contributed by atoms with Gasteiger partial charge in [0.25, 0.3) is 0 Å². The number of nitrogens with one attached hydrogen (secondary N) is 2. The summed E-state index contributed by atoms with van der Waals surface area (Å²) in [5.41, 5.74) is 2.29. The van der Waals surface area contributed by atoms with Crippen LogP contribution in [0.15, 0.2) is 40.3 Å². The summed E-state index contributed by atoms with van der Waals surface area (Å²) in [6, 6.07) is 9.87. The van der Waals surface area contributed by atoms with E-state index in [4.69, 9.17) is 4.74 Å². The van der Waals surface area contributed by atoms with Crippen molar-refractivity contribution in [2.45, 2.75) is 43.8 Å². The number of benzene rings is 1. The van der Waals surface area contributed by atoms with E-state index in [1.165, 1.54) is 34.8 Å². The van der Waals surface area contributed by atoms with E-state index in [2.05, 4.69) is 15.5 Å². The van der Waals surface area contributed by atoms with Crippen LogP contribution in [0.4, 0.5) is 5.00 Å². The Kier molecular flexibility index (Phi) is 7.11. The summed E-state index contributed by atoms with van der Waals surface area (Å²) in [5, 5.41) is 10.4. The molecule has 4 rings (SSSR count). The molecule has 0 atom stereocenters. The fourth-order valence-corrected chi connectivity index (χ4v) is 5.83. The number of aryl methyl sites for hydroxylation is 2. The minimum absolute atomic E-state index is 0.0683. The molecule has 8 nitrogen and oxygen atoms in total. The van der Waals surface area contributed by atoms with Crippen LogP contribution in [0, 0.1) is 0 Å². The van der Waals surface area contributed by atoms with E-state index in [0.29, 0.717) is 28.7 Å². The van der Waals surface area contributed by atoms with Crippen molar-refractivity contribution in [1.29, 1.82) is 0 Å². The number of anilines is 1. The van der Waals surface area contributed by atoms with E-state index in [1.807, 2.05) is 30.3 Å². The van der Waals surface area contributed by atoms with Crippen molar-refractivity contribution in [3.05, 3.63) is 62.4 Å². The van der Waals surface area contributed by atoms with Crippen LogP contribution in [0.1, 0.15) is 39.2 Å². The van der Waals surface area contributed by atoms with Crippen LogP contribution in [0.25, 0.3) is 0 Å². The second kappa shape index (κ2) is 10.2. The van der Waals surface area contributed by atoms with Crippen molar-refractivity contribution in [2.75, 3.05) is 18.2 Å². The number of methoxy groups -OCH3 is 1. The zero-order valence-electron chi connectivity index (χ0n) is 17.7. The highest BCUT2D eigenvalue weighted by Crippen LogP contribution is 2.38. The SMILES string of the molecule is COC(=O)c1c(NC(=O)CSc2n[nH]c(=O)n2CCc2ccccc2)sc2c1CCCC2. The van der Waals surface area contributed by atoms with E-state index in [9.17, 15) is 14.4 Å². The number of aromatic amines is 1. The highest BCUT2D eigenvalue weighted by Gasteiger charge is 2.27. The second-order valence-corrected chi connectivity index (χ2v) is 9.49. The van der Waals surface area contributed by atoms with Crippen LogP contribution in [0.3, 0.4) is 0 Å². The van der Waals surface area contributed by atoms with Crippen molar-refractivity contribution in [2.24, 2.45) is 0 Å². The highest BCUT2D eigenvalue weighted by molar-refractivity contribution is 7.99. The molecule has 0 spiro atoms. The maximum absolute atomic E-state index is 12.7. The largest absolute Gasteiger partial charge is 0.465 e. The molecule has 32 heavy (non-hydrogen) atoms. The molecule has 10 heteroatoms. The fourth-order valence-electron chi connectivity index (χ4n) is 3.76. The Hall–Kier alpha value is -2.85. The third-order valence-electron chi connectivity index (χ3n) is 5.34. The molecule has 0 aliphatic heterocycles. The van der Waals surface area contributed by atoms with Crippen LogP contribution >= 0.6 is 23.1 Å². The van der Waals surface area contributed by atoms with Crippen LogP contribution in [0.2, 0.25) is 0 Å². The van der Waals surface area contributed by atoms with Gasteiger partial charge >= 0.3 is 11.7 Å². The summed E-state index contributed by atoms with van der Waals surface area (Å²) in [6.45, 7) is 0.466. The highest BCUT2D eigenvalue weighted by atomic mass is 32.2. The molecule has 1 aliphatic carbocycles. The lowest BCUT2D eigenvalue weighted by atomic mass is 9.95. The molecule has 2 N–H and O–H groups in total. The number of fused-ring (bicyclic) bond motifs is 1. The Bertz CT molecular complexity index is 1170. The zero-order valence-corrected chi connectivity index (χ0v) is 19.3. The van der Waals surface area contributed by atoms with Gasteiger partial charge in [-0.1, -0.05) is 42.1 Å². The molecule has 0 fully saturated rings. The van der Waals surface area contributed by atoms with Crippen molar-refractivity contribution in [3.63, 3.8) is 0 Å². The van der Waals surface area contributed by atoms with E-state index in [0.717, 1.165) is 41.7 Å². The van der Waals surface area contributed by atoms with Gasteiger partial charge in [-0.15, -0.1) is 16.4 Å². The molecule has 0 saturated carbocycles. The van der Waals surface area contributed by atoms with Crippen molar-refractivity contribution < 1.29 is 14.3 Å². The number of rotatable bonds is 8. The number of H-pyrrole nitrogens is 1. The molecular formula is C22H24N4O4S2. The Labute approximate surface area is 193 Å². The summed E-state index contributed by atoms with van der Waals surface area (Å²) in [7, 11) is 1.35. The lowest BCUT2D eigenvalue weighted by Gasteiger charge is -2.11. The number of hydrogen-bond donors (Lipinski definition) is 2. The topological polar surface area (TPSA) is 106 Å². The number of amides is 1. The average Bonchev–Trinajstić information content (AvgIpc) is 3.35. The van der Waals surface area contributed by atoms with Crippen LogP contribution < -0.4 is 11.0 Å². The molecule has 0 saturated heterocycles. The van der Waals surface area contributed by atoms with Gasteiger partial charge in [-0.25, -0.2) is 14.7 Å². The first-order chi connectivity index (χ1) is 15.6. The molecule has 0 unspecified atom stereocenters. The molecule has 0 bridgehead atoms. The van der Waals surface area contributed by atoms with Gasteiger partial charge in [-0.3, -0.25) is 9.36 Å². The third kappa shape index (κ3) is 4.97. The molecule has 1 amide bonds. The predicted molar refractivity (Wildman–Crippen MR) is 125 cm³/mol. The van der Waals surface area contributed by atoms with Crippen molar-refractivity contribution in [1.82, 2.24) is 14.8 Å². The number of esters is 1. The minimum atomic E-state index is -0.422. The summed E-state index contributed by atoms with van der Waals surface area (Å²) < 4.78 is 6.49. The first kappa shape index (κ1) is 22.3. The molecule has 3 aromatic rings. The fraction of sp³-hybridized carbons (Fsp3) is 0.364. The molecule has 1 aromatic carbocycles. The number of nitrogens with zero attached hydrogens (tertiary/aromatic N) is 2. The van der Waals surface area contributed by atoms with Crippen LogP contribution in [-0.2, 0) is 35.3 Å². The van der Waals surface area contributed by atoms with E-state index in [-0.39, 0.29) is 17.3 Å². The van der Waals surface area contributed by atoms with Crippen LogP contribution in [-0.4, -0.2) is 39.5 Å². The van der Waals surface area contributed by atoms with Gasteiger partial charge in [0.1, 0.15) is 5.00 Å². The van der Waals surface area contributed by atoms with E-state index >= 15 is 0 Å². The number of carbonyl (C=O) groups excluding carboxylic acids is 2. The first-order valence-corrected chi connectivity index (χ1v) is 12.2. The van der Waals surface area contributed by atoms with Gasteiger partial charge in [-0.2, -0.15) is 0 Å². The summed E-state index contributed by atoms with van der Waals surface area (Å²) in [5.74, 6) is -0.614. The molecular weight excluding hydrogens is 448 g/mol. The first-order valence-electron chi connectivity index (χ1n) is 10.4. The molecule has 2 heterocycles. The number of ether oxygens (including phenoxy) is 1. The van der Waals surface area contributed by atoms with Gasteiger partial charge < -0.3 is 10.1 Å². The van der Waals surface area contributed by atoms with Gasteiger partial charge in [0.2, 0.25) is 5.91 Å². The van der Waals surface area contributed by atoms with Gasteiger partial charge in [0.15, 0.2) is 5.16 Å². The molecule has 0 radical (unpaired) electrons. The monoisotopic (exact) mass is 472 g/mol. The number of thioether (sulfide) groups is 1. The lowest BCUT2D eigenvalue weighted by Crippen LogP contribution is -2.20. The number of aromatic nitrogens is 3. The molecule has 1 aliphatic rings. The van der Waals surface area contributed by atoms with E-state index < -0.39 is 5.97 Å². The Balaban J connectivity index is 1.42. The smallest absolute Gasteiger partial charge is 0.343 e. The summed E-state index contributed by atoms with van der Waals surface area (Å²) >= 11 is 2.63. The van der Waals surface area contributed by atoms with Crippen molar-refractivity contribution in [3.8, 4) is 0 Å².